The Morgan fingerprint density at radius 1 is 0.838 bits per heavy atom. The third kappa shape index (κ3) is 12.9. The summed E-state index contributed by atoms with van der Waals surface area (Å²) in [5.41, 5.74) is 0.294. The predicted octanol–water partition coefficient (Wildman–Crippen LogP) is 3.66. The molecule has 0 spiro atoms. The van der Waals surface area contributed by atoms with Gasteiger partial charge in [0.1, 0.15) is 5.78 Å². The second kappa shape index (κ2) is 14.7. The molecule has 37 heavy (non-hydrogen) atoms. The van der Waals surface area contributed by atoms with Gasteiger partial charge in [0.25, 0.3) is 0 Å². The number of hydrogen-bond acceptors (Lipinski definition) is 7. The topological polar surface area (TPSA) is 57.3 Å². The average Bonchev–Trinajstić information content (AvgIpc) is 2.78. The van der Waals surface area contributed by atoms with Crippen LogP contribution in [0.5, 0.6) is 0 Å². The first-order valence-electron chi connectivity index (χ1n) is 15.1. The molecule has 1 saturated carbocycles. The largest absolute Gasteiger partial charge is 0.375 e. The van der Waals surface area contributed by atoms with Crippen molar-refractivity contribution in [3.63, 3.8) is 0 Å². The molecule has 7 heteroatoms. The van der Waals surface area contributed by atoms with Gasteiger partial charge in [-0.2, -0.15) is 0 Å². The molecule has 0 bridgehead atoms. The highest BCUT2D eigenvalue weighted by molar-refractivity contribution is 5.80. The number of Topliss-reactive ketones (excluding diaryl/α,β-unsaturated/α-hetero) is 1. The highest BCUT2D eigenvalue weighted by atomic mass is 16.5. The van der Waals surface area contributed by atoms with Crippen LogP contribution in [-0.2, 0) is 14.3 Å². The molecule has 216 valence electrons. The quantitative estimate of drug-likeness (QED) is 0.349. The van der Waals surface area contributed by atoms with Crippen LogP contribution in [-0.4, -0.2) is 117 Å². The van der Waals surface area contributed by atoms with Crippen LogP contribution < -0.4 is 5.32 Å². The van der Waals surface area contributed by atoms with E-state index in [9.17, 15) is 4.79 Å². The fourth-order valence-electron chi connectivity index (χ4n) is 5.67. The molecule has 0 amide bonds. The number of nitrogens with zero attached hydrogens (tertiary/aromatic N) is 3. The number of piperazine rings is 1. The van der Waals surface area contributed by atoms with E-state index in [1.165, 1.54) is 13.0 Å². The summed E-state index contributed by atoms with van der Waals surface area (Å²) in [7, 11) is 0. The second-order valence-electron chi connectivity index (χ2n) is 14.0. The molecule has 2 saturated heterocycles. The van der Waals surface area contributed by atoms with Gasteiger partial charge >= 0.3 is 0 Å². The van der Waals surface area contributed by atoms with Gasteiger partial charge in [-0.25, -0.2) is 0 Å². The van der Waals surface area contributed by atoms with Crippen LogP contribution in [0.1, 0.15) is 80.1 Å². The van der Waals surface area contributed by atoms with Gasteiger partial charge in [-0.15, -0.1) is 0 Å². The molecule has 3 aliphatic rings. The zero-order valence-electron chi connectivity index (χ0n) is 25.0. The Balaban J connectivity index is 1.17. The highest BCUT2D eigenvalue weighted by Gasteiger charge is 2.34. The Hall–Kier alpha value is -0.570. The third-order valence-corrected chi connectivity index (χ3v) is 7.92. The summed E-state index contributed by atoms with van der Waals surface area (Å²) in [5, 5.41) is 3.58. The second-order valence-corrected chi connectivity index (χ2v) is 14.0. The van der Waals surface area contributed by atoms with Crippen molar-refractivity contribution in [1.29, 1.82) is 0 Å². The van der Waals surface area contributed by atoms with E-state index < -0.39 is 0 Å². The number of nitrogens with one attached hydrogen (secondary N) is 1. The molecule has 1 aliphatic carbocycles. The van der Waals surface area contributed by atoms with E-state index in [0.717, 1.165) is 97.6 Å². The van der Waals surface area contributed by atoms with Crippen LogP contribution in [0.2, 0.25) is 0 Å². The summed E-state index contributed by atoms with van der Waals surface area (Å²) >= 11 is 0. The van der Waals surface area contributed by atoms with Crippen molar-refractivity contribution >= 4 is 5.78 Å². The fraction of sp³-hybridized carbons (Fsp3) is 0.967. The molecule has 0 atom stereocenters. The molecule has 0 aromatic heterocycles. The van der Waals surface area contributed by atoms with Gasteiger partial charge in [0.2, 0.25) is 0 Å². The maximum atomic E-state index is 12.7. The number of likely N-dealkylation sites (tertiary alicyclic amines) is 1. The standard InChI is InChI=1S/C30H58N4O3/c1-29(2,3)24-31-10-7-11-32-12-8-27(9-13-32)37-28-21-25(22-28)20-26(35)23-34-16-14-33(15-17-34)18-19-36-30(4,5)6/h25,27-28,31H,7-24H2,1-6H3. The van der Waals surface area contributed by atoms with Crippen LogP contribution in [0.25, 0.3) is 0 Å². The van der Waals surface area contributed by atoms with E-state index in [-0.39, 0.29) is 5.60 Å². The van der Waals surface area contributed by atoms with Crippen molar-refractivity contribution in [2.24, 2.45) is 11.3 Å². The van der Waals surface area contributed by atoms with Crippen molar-refractivity contribution in [1.82, 2.24) is 20.0 Å². The number of ether oxygens (including phenoxy) is 2. The Morgan fingerprint density at radius 2 is 1.46 bits per heavy atom. The first-order chi connectivity index (χ1) is 17.4. The Bertz CT molecular complexity index is 653. The SMILES string of the molecule is CC(C)(C)CNCCCN1CCC(OC2CC(CC(=O)CN3CCN(CCOC(C)(C)C)CC3)C2)CC1. The summed E-state index contributed by atoms with van der Waals surface area (Å²) in [6, 6.07) is 0. The number of ketones is 1. The number of piperidine rings is 1. The van der Waals surface area contributed by atoms with Gasteiger partial charge in [-0.05, 0) is 83.8 Å². The zero-order valence-corrected chi connectivity index (χ0v) is 25.0. The fourth-order valence-corrected chi connectivity index (χ4v) is 5.67. The average molecular weight is 523 g/mol. The lowest BCUT2D eigenvalue weighted by molar-refractivity contribution is -0.126. The lowest BCUT2D eigenvalue weighted by Crippen LogP contribution is -2.49. The highest BCUT2D eigenvalue weighted by Crippen LogP contribution is 2.35. The molecule has 2 aliphatic heterocycles. The molecular formula is C30H58N4O3. The maximum absolute atomic E-state index is 12.7. The molecule has 3 rings (SSSR count). The van der Waals surface area contributed by atoms with Crippen LogP contribution in [0.4, 0.5) is 0 Å². The summed E-state index contributed by atoms with van der Waals surface area (Å²) in [6.07, 6.45) is 7.23. The molecular weight excluding hydrogens is 464 g/mol. The monoisotopic (exact) mass is 522 g/mol. The van der Waals surface area contributed by atoms with Crippen molar-refractivity contribution in [2.75, 3.05) is 78.6 Å². The Morgan fingerprint density at radius 3 is 2.08 bits per heavy atom. The van der Waals surface area contributed by atoms with Gasteiger partial charge in [0, 0.05) is 52.2 Å². The molecule has 2 heterocycles. The predicted molar refractivity (Wildman–Crippen MR) is 152 cm³/mol. The van der Waals surface area contributed by atoms with E-state index in [1.807, 2.05) is 0 Å². The van der Waals surface area contributed by atoms with Crippen molar-refractivity contribution < 1.29 is 14.3 Å². The van der Waals surface area contributed by atoms with E-state index in [2.05, 4.69) is 61.6 Å². The minimum Gasteiger partial charge on any atom is -0.375 e. The van der Waals surface area contributed by atoms with Crippen LogP contribution in [0.3, 0.4) is 0 Å². The first kappa shape index (κ1) is 31.0. The lowest BCUT2D eigenvalue weighted by atomic mass is 9.78. The van der Waals surface area contributed by atoms with Crippen LogP contribution in [0, 0.1) is 11.3 Å². The summed E-state index contributed by atoms with van der Waals surface area (Å²) in [5.74, 6) is 0.951. The molecule has 0 aromatic carbocycles. The lowest BCUT2D eigenvalue weighted by Gasteiger charge is -2.40. The van der Waals surface area contributed by atoms with Gasteiger partial charge in [-0.1, -0.05) is 20.8 Å². The van der Waals surface area contributed by atoms with E-state index in [0.29, 0.717) is 35.9 Å². The van der Waals surface area contributed by atoms with Gasteiger partial charge < -0.3 is 19.7 Å². The molecule has 0 radical (unpaired) electrons. The molecule has 0 unspecified atom stereocenters. The van der Waals surface area contributed by atoms with Crippen molar-refractivity contribution in [3.05, 3.63) is 0 Å². The van der Waals surface area contributed by atoms with Crippen molar-refractivity contribution in [2.45, 2.75) is 97.9 Å². The first-order valence-corrected chi connectivity index (χ1v) is 15.1. The smallest absolute Gasteiger partial charge is 0.147 e. The molecule has 3 fully saturated rings. The molecule has 0 aromatic rings. The van der Waals surface area contributed by atoms with Crippen LogP contribution >= 0.6 is 0 Å². The molecule has 7 nitrogen and oxygen atoms in total. The van der Waals surface area contributed by atoms with Gasteiger partial charge in [0.05, 0.1) is 31.0 Å². The Kier molecular flexibility index (Phi) is 12.3. The zero-order chi connectivity index (χ0) is 26.9. The minimum absolute atomic E-state index is 0.0685. The van der Waals surface area contributed by atoms with E-state index >= 15 is 0 Å². The summed E-state index contributed by atoms with van der Waals surface area (Å²) in [6.45, 7) is 25.3. The molecule has 1 N–H and O–H groups in total. The Labute approximate surface area is 228 Å². The van der Waals surface area contributed by atoms with E-state index in [1.54, 1.807) is 0 Å². The summed E-state index contributed by atoms with van der Waals surface area (Å²) < 4.78 is 12.3. The minimum atomic E-state index is -0.0685. The van der Waals surface area contributed by atoms with Crippen molar-refractivity contribution in [3.8, 4) is 0 Å². The third-order valence-electron chi connectivity index (χ3n) is 7.92. The number of carbonyl (C=O) groups is 1. The number of rotatable bonds is 14. The number of hydrogen-bond donors (Lipinski definition) is 1. The normalized spacial score (nSPS) is 25.4. The van der Waals surface area contributed by atoms with E-state index in [4.69, 9.17) is 9.47 Å². The van der Waals surface area contributed by atoms with Gasteiger partial charge in [-0.3, -0.25) is 14.6 Å². The maximum Gasteiger partial charge on any atom is 0.147 e. The summed E-state index contributed by atoms with van der Waals surface area (Å²) in [4.78, 5) is 20.1. The van der Waals surface area contributed by atoms with Crippen LogP contribution in [0.15, 0.2) is 0 Å². The van der Waals surface area contributed by atoms with Gasteiger partial charge in [0.15, 0.2) is 0 Å². The number of carbonyl (C=O) groups excluding carboxylic acids is 1.